The second kappa shape index (κ2) is 9.41. The van der Waals surface area contributed by atoms with Crippen molar-refractivity contribution in [1.82, 2.24) is 24.8 Å². The topological polar surface area (TPSA) is 83.9 Å². The van der Waals surface area contributed by atoms with Crippen molar-refractivity contribution in [2.24, 2.45) is 0 Å². The molecule has 0 aromatic carbocycles. The van der Waals surface area contributed by atoms with Crippen LogP contribution in [0, 0.1) is 5.82 Å². The zero-order chi connectivity index (χ0) is 25.8. The van der Waals surface area contributed by atoms with Crippen LogP contribution >= 0.6 is 11.6 Å². The first-order valence-electron chi connectivity index (χ1n) is 12.2. The summed E-state index contributed by atoms with van der Waals surface area (Å²) in [6.45, 7) is 7.07. The number of rotatable bonds is 4. The Hall–Kier alpha value is -2.53. The number of piperazine rings is 1. The van der Waals surface area contributed by atoms with E-state index in [1.165, 1.54) is 6.20 Å². The van der Waals surface area contributed by atoms with Crippen molar-refractivity contribution in [3.05, 3.63) is 17.2 Å². The Labute approximate surface area is 213 Å². The van der Waals surface area contributed by atoms with Crippen LogP contribution in [0.15, 0.2) is 6.20 Å². The molecule has 5 heterocycles. The molecule has 3 aliphatic rings. The van der Waals surface area contributed by atoms with Crippen molar-refractivity contribution in [2.75, 3.05) is 38.2 Å². The maximum Gasteiger partial charge on any atom is 0.410 e. The summed E-state index contributed by atoms with van der Waals surface area (Å²) < 4.78 is 40.2. The molecule has 0 N–H and O–H groups in total. The van der Waals surface area contributed by atoms with Crippen molar-refractivity contribution in [1.29, 1.82) is 0 Å². The molecule has 0 spiro atoms. The molecule has 0 saturated carbocycles. The average molecular weight is 525 g/mol. The summed E-state index contributed by atoms with van der Waals surface area (Å²) in [4.78, 5) is 31.5. The Morgan fingerprint density at radius 3 is 2.50 bits per heavy atom. The Balaban J connectivity index is 1.43. The lowest BCUT2D eigenvalue weighted by Gasteiger charge is -2.42. The molecular weight excluding hydrogens is 494 g/mol. The van der Waals surface area contributed by atoms with E-state index in [4.69, 9.17) is 21.1 Å². The summed E-state index contributed by atoms with van der Waals surface area (Å²) in [5, 5.41) is 0.125. The summed E-state index contributed by atoms with van der Waals surface area (Å²) in [5.41, 5.74) is -0.569. The van der Waals surface area contributed by atoms with Crippen molar-refractivity contribution in [3.63, 3.8) is 0 Å². The van der Waals surface area contributed by atoms with Crippen molar-refractivity contribution in [2.45, 2.75) is 69.9 Å². The summed E-state index contributed by atoms with van der Waals surface area (Å²) in [6, 6.07) is -0.253. The number of ether oxygens (including phenoxy) is 2. The third kappa shape index (κ3) is 4.87. The number of fused-ring (bicyclic) bond motifs is 3. The van der Waals surface area contributed by atoms with Crippen LogP contribution in [0.2, 0.25) is 5.15 Å². The molecule has 0 radical (unpaired) electrons. The van der Waals surface area contributed by atoms with E-state index in [-0.39, 0.29) is 47.5 Å². The lowest BCUT2D eigenvalue weighted by molar-refractivity contribution is 0.0122. The standard InChI is InChI=1S/C24H31ClF2N6O3/c1-24(2,3)36-23(34)33-14-5-6-15(33)11-32(10-14)21-17-8-28-20(25)18(27)19(17)29-22(30-21)35-12-16-7-13(26)9-31(16)4/h8,13-16H,5-7,9-12H2,1-4H3/t13-,14-,15+,16+/m1/s1. The van der Waals surface area contributed by atoms with E-state index in [1.54, 1.807) is 0 Å². The van der Waals surface area contributed by atoms with Crippen molar-refractivity contribution < 1.29 is 23.0 Å². The van der Waals surface area contributed by atoms with Gasteiger partial charge in [-0.05, 0) is 47.1 Å². The number of aromatic nitrogens is 3. The Morgan fingerprint density at radius 2 is 1.89 bits per heavy atom. The molecule has 2 bridgehead atoms. The highest BCUT2D eigenvalue weighted by molar-refractivity contribution is 6.30. The number of pyridine rings is 1. The van der Waals surface area contributed by atoms with Gasteiger partial charge in [-0.1, -0.05) is 11.6 Å². The van der Waals surface area contributed by atoms with Gasteiger partial charge in [0.25, 0.3) is 0 Å². The average Bonchev–Trinajstić information content (AvgIpc) is 3.27. The molecule has 5 rings (SSSR count). The van der Waals surface area contributed by atoms with E-state index >= 15 is 0 Å². The third-order valence-electron chi connectivity index (χ3n) is 7.03. The van der Waals surface area contributed by atoms with E-state index in [1.807, 2.05) is 42.5 Å². The molecule has 2 aromatic heterocycles. The number of anilines is 1. The summed E-state index contributed by atoms with van der Waals surface area (Å²) in [6.07, 6.45) is 2.26. The van der Waals surface area contributed by atoms with Crippen LogP contribution < -0.4 is 9.64 Å². The zero-order valence-electron chi connectivity index (χ0n) is 20.9. The molecule has 1 amide bonds. The van der Waals surface area contributed by atoms with Crippen molar-refractivity contribution >= 4 is 34.4 Å². The van der Waals surface area contributed by atoms with Crippen LogP contribution in [0.1, 0.15) is 40.0 Å². The predicted octanol–water partition coefficient (Wildman–Crippen LogP) is 3.83. The number of nitrogens with zero attached hydrogens (tertiary/aromatic N) is 6. The summed E-state index contributed by atoms with van der Waals surface area (Å²) in [7, 11) is 1.84. The highest BCUT2D eigenvalue weighted by Gasteiger charge is 2.45. The predicted molar refractivity (Wildman–Crippen MR) is 131 cm³/mol. The van der Waals surface area contributed by atoms with Gasteiger partial charge in [-0.3, -0.25) is 9.80 Å². The smallest absolute Gasteiger partial charge is 0.410 e. The van der Waals surface area contributed by atoms with E-state index in [9.17, 15) is 13.6 Å². The molecule has 3 saturated heterocycles. The lowest BCUT2D eigenvalue weighted by atomic mass is 10.1. The molecule has 2 aromatic rings. The second-order valence-electron chi connectivity index (χ2n) is 10.9. The minimum Gasteiger partial charge on any atom is -0.462 e. The minimum absolute atomic E-state index is 0.00343. The fourth-order valence-corrected chi connectivity index (χ4v) is 5.51. The van der Waals surface area contributed by atoms with Gasteiger partial charge in [0.05, 0.1) is 17.5 Å². The fourth-order valence-electron chi connectivity index (χ4n) is 5.37. The Bertz CT molecular complexity index is 1150. The van der Waals surface area contributed by atoms with Crippen LogP contribution in [0.3, 0.4) is 0 Å². The number of likely N-dealkylation sites (N-methyl/N-ethyl adjacent to an activating group) is 1. The van der Waals surface area contributed by atoms with E-state index in [0.717, 1.165) is 12.8 Å². The largest absolute Gasteiger partial charge is 0.462 e. The summed E-state index contributed by atoms with van der Waals surface area (Å²) >= 11 is 5.95. The molecule has 36 heavy (non-hydrogen) atoms. The molecule has 3 fully saturated rings. The van der Waals surface area contributed by atoms with E-state index in [0.29, 0.717) is 37.3 Å². The van der Waals surface area contributed by atoms with Gasteiger partial charge in [0.15, 0.2) is 11.0 Å². The summed E-state index contributed by atoms with van der Waals surface area (Å²) in [5.74, 6) is -0.276. The molecule has 3 aliphatic heterocycles. The van der Waals surface area contributed by atoms with Crippen LogP contribution in [-0.4, -0.2) is 94.0 Å². The van der Waals surface area contributed by atoms with E-state index < -0.39 is 17.6 Å². The third-order valence-corrected chi connectivity index (χ3v) is 7.29. The monoisotopic (exact) mass is 524 g/mol. The van der Waals surface area contributed by atoms with Crippen LogP contribution in [0.4, 0.5) is 19.4 Å². The number of hydrogen-bond donors (Lipinski definition) is 0. The Kier molecular flexibility index (Phi) is 6.57. The quantitative estimate of drug-likeness (QED) is 0.558. The van der Waals surface area contributed by atoms with Gasteiger partial charge in [0.2, 0.25) is 0 Å². The number of carbonyl (C=O) groups is 1. The maximum atomic E-state index is 15.0. The number of halogens is 3. The van der Waals surface area contributed by atoms with Gasteiger partial charge in [-0.25, -0.2) is 18.6 Å². The highest BCUT2D eigenvalue weighted by Crippen LogP contribution is 2.37. The lowest BCUT2D eigenvalue weighted by Crippen LogP contribution is -2.57. The van der Waals surface area contributed by atoms with Gasteiger partial charge < -0.3 is 14.4 Å². The SMILES string of the molecule is CN1C[C@H](F)C[C@H]1COc1nc(N2C[C@H]3CC[C@@H](C2)N3C(=O)OC(C)(C)C)c2cnc(Cl)c(F)c2n1. The first-order valence-corrected chi connectivity index (χ1v) is 12.6. The van der Waals surface area contributed by atoms with Gasteiger partial charge in [0.1, 0.15) is 29.7 Å². The fraction of sp³-hybridized carbons (Fsp3) is 0.667. The molecule has 0 unspecified atom stereocenters. The number of likely N-dealkylation sites (tertiary alicyclic amines) is 1. The van der Waals surface area contributed by atoms with Crippen LogP contribution in [0.5, 0.6) is 6.01 Å². The first-order chi connectivity index (χ1) is 17.0. The van der Waals surface area contributed by atoms with Crippen LogP contribution in [-0.2, 0) is 4.74 Å². The molecular formula is C24H31ClF2N6O3. The maximum absolute atomic E-state index is 15.0. The molecule has 12 heteroatoms. The number of carbonyl (C=O) groups excluding carboxylic acids is 1. The molecule has 9 nitrogen and oxygen atoms in total. The minimum atomic E-state index is -0.907. The van der Waals surface area contributed by atoms with Crippen LogP contribution in [0.25, 0.3) is 10.9 Å². The number of alkyl halides is 1. The normalized spacial score (nSPS) is 26.6. The van der Waals surface area contributed by atoms with Gasteiger partial charge in [0, 0.05) is 31.9 Å². The van der Waals surface area contributed by atoms with Crippen molar-refractivity contribution in [3.8, 4) is 6.01 Å². The Morgan fingerprint density at radius 1 is 1.19 bits per heavy atom. The molecule has 0 aliphatic carbocycles. The zero-order valence-corrected chi connectivity index (χ0v) is 21.6. The molecule has 4 atom stereocenters. The van der Waals surface area contributed by atoms with E-state index in [2.05, 4.69) is 15.0 Å². The first kappa shape index (κ1) is 25.1. The van der Waals surface area contributed by atoms with Gasteiger partial charge >= 0.3 is 12.1 Å². The number of hydrogen-bond acceptors (Lipinski definition) is 8. The molecule has 196 valence electrons. The number of amides is 1. The van der Waals surface area contributed by atoms with Gasteiger partial charge in [-0.2, -0.15) is 9.97 Å². The van der Waals surface area contributed by atoms with Gasteiger partial charge in [-0.15, -0.1) is 0 Å². The second-order valence-corrected chi connectivity index (χ2v) is 11.2. The highest BCUT2D eigenvalue weighted by atomic mass is 35.5.